The van der Waals surface area contributed by atoms with Gasteiger partial charge < -0.3 is 5.32 Å². The molecule has 0 spiro atoms. The van der Waals surface area contributed by atoms with Crippen LogP contribution in [0.5, 0.6) is 0 Å². The molecule has 1 rings (SSSR count). The summed E-state index contributed by atoms with van der Waals surface area (Å²) >= 11 is 0. The van der Waals surface area contributed by atoms with Crippen LogP contribution >= 0.6 is 0 Å². The molecule has 78 valence electrons. The zero-order chi connectivity index (χ0) is 9.84. The summed E-state index contributed by atoms with van der Waals surface area (Å²) < 4.78 is 0. The van der Waals surface area contributed by atoms with Gasteiger partial charge in [-0.2, -0.15) is 0 Å². The third kappa shape index (κ3) is 2.96. The number of rotatable bonds is 3. The van der Waals surface area contributed by atoms with Crippen molar-refractivity contribution in [2.75, 3.05) is 13.1 Å². The number of hydrogen-bond donors (Lipinski definition) is 1. The average molecular weight is 184 g/mol. The highest BCUT2D eigenvalue weighted by molar-refractivity contribution is 4.84. The Morgan fingerprint density at radius 2 is 2.15 bits per heavy atom. The van der Waals surface area contributed by atoms with E-state index in [4.69, 9.17) is 0 Å². The Bertz CT molecular complexity index is 145. The highest BCUT2D eigenvalue weighted by atomic mass is 15.2. The second-order valence-corrected chi connectivity index (χ2v) is 4.46. The van der Waals surface area contributed by atoms with Crippen molar-refractivity contribution < 1.29 is 0 Å². The van der Waals surface area contributed by atoms with E-state index in [9.17, 15) is 0 Å². The molecule has 0 bridgehead atoms. The van der Waals surface area contributed by atoms with Gasteiger partial charge in [-0.05, 0) is 40.2 Å². The second-order valence-electron chi connectivity index (χ2n) is 4.46. The summed E-state index contributed by atoms with van der Waals surface area (Å²) in [6.45, 7) is 11.5. The summed E-state index contributed by atoms with van der Waals surface area (Å²) in [5.74, 6) is 0. The molecule has 0 aromatic carbocycles. The van der Waals surface area contributed by atoms with Crippen LogP contribution < -0.4 is 5.32 Å². The van der Waals surface area contributed by atoms with Crippen LogP contribution in [0.4, 0.5) is 0 Å². The van der Waals surface area contributed by atoms with Gasteiger partial charge in [-0.25, -0.2) is 0 Å². The van der Waals surface area contributed by atoms with Gasteiger partial charge in [0.1, 0.15) is 0 Å². The molecule has 0 unspecified atom stereocenters. The fourth-order valence-corrected chi connectivity index (χ4v) is 2.43. The van der Waals surface area contributed by atoms with Crippen molar-refractivity contribution in [3.05, 3.63) is 0 Å². The van der Waals surface area contributed by atoms with Crippen molar-refractivity contribution in [3.8, 4) is 0 Å². The van der Waals surface area contributed by atoms with Crippen molar-refractivity contribution in [2.45, 2.75) is 58.7 Å². The average Bonchev–Trinajstić information content (AvgIpc) is 2.04. The lowest BCUT2D eigenvalue weighted by molar-refractivity contribution is 0.104. The van der Waals surface area contributed by atoms with Crippen molar-refractivity contribution >= 4 is 0 Å². The summed E-state index contributed by atoms with van der Waals surface area (Å²) in [6.07, 6.45) is 2.63. The zero-order valence-electron chi connectivity index (χ0n) is 9.51. The van der Waals surface area contributed by atoms with E-state index in [1.54, 1.807) is 0 Å². The molecule has 1 saturated heterocycles. The van der Waals surface area contributed by atoms with E-state index in [-0.39, 0.29) is 0 Å². The molecule has 1 aliphatic heterocycles. The third-order valence-electron chi connectivity index (χ3n) is 3.08. The zero-order valence-corrected chi connectivity index (χ0v) is 9.51. The van der Waals surface area contributed by atoms with E-state index < -0.39 is 0 Å². The molecule has 0 amide bonds. The topological polar surface area (TPSA) is 15.3 Å². The Labute approximate surface area is 82.7 Å². The van der Waals surface area contributed by atoms with Gasteiger partial charge in [0.05, 0.1) is 0 Å². The number of nitrogens with one attached hydrogen (secondary N) is 1. The third-order valence-corrected chi connectivity index (χ3v) is 3.08. The highest BCUT2D eigenvalue weighted by Gasteiger charge is 2.25. The highest BCUT2D eigenvalue weighted by Crippen LogP contribution is 2.19. The predicted octanol–water partition coefficient (Wildman–Crippen LogP) is 1.86. The van der Waals surface area contributed by atoms with Crippen LogP contribution in [0.2, 0.25) is 0 Å². The summed E-state index contributed by atoms with van der Waals surface area (Å²) in [7, 11) is 0. The number of likely N-dealkylation sites (tertiary alicyclic amines) is 1. The minimum absolute atomic E-state index is 0.706. The minimum atomic E-state index is 0.706. The van der Waals surface area contributed by atoms with Crippen LogP contribution in [0, 0.1) is 0 Å². The Morgan fingerprint density at radius 1 is 1.46 bits per heavy atom. The molecule has 2 heteroatoms. The molecule has 13 heavy (non-hydrogen) atoms. The van der Waals surface area contributed by atoms with E-state index in [0.29, 0.717) is 6.04 Å². The van der Waals surface area contributed by atoms with Crippen molar-refractivity contribution in [3.63, 3.8) is 0 Å². The maximum Gasteiger partial charge on any atom is 0.00939 e. The molecule has 2 atom stereocenters. The molecule has 0 aromatic heterocycles. The largest absolute Gasteiger partial charge is 0.314 e. The summed E-state index contributed by atoms with van der Waals surface area (Å²) in [5.41, 5.74) is 0. The molecule has 1 N–H and O–H groups in total. The first kappa shape index (κ1) is 11.0. The summed E-state index contributed by atoms with van der Waals surface area (Å²) in [5, 5.41) is 3.55. The molecular formula is C11H24N2. The van der Waals surface area contributed by atoms with E-state index >= 15 is 0 Å². The quantitative estimate of drug-likeness (QED) is 0.720. The molecular weight excluding hydrogens is 160 g/mol. The van der Waals surface area contributed by atoms with Crippen LogP contribution in [-0.4, -0.2) is 36.1 Å². The van der Waals surface area contributed by atoms with Crippen LogP contribution in [0.25, 0.3) is 0 Å². The van der Waals surface area contributed by atoms with Crippen molar-refractivity contribution in [2.24, 2.45) is 0 Å². The molecule has 1 aliphatic rings. The standard InChI is InChI=1S/C11H24N2/c1-5-12-11-6-7-13(9(2)3)10(4)8-11/h9-12H,5-8H2,1-4H3/t10-,11-/m0/s1. The summed E-state index contributed by atoms with van der Waals surface area (Å²) in [4.78, 5) is 2.60. The van der Waals surface area contributed by atoms with Crippen LogP contribution in [0.15, 0.2) is 0 Å². The lowest BCUT2D eigenvalue weighted by atomic mass is 9.97. The minimum Gasteiger partial charge on any atom is -0.314 e. The SMILES string of the molecule is CCN[C@H]1CCN(C(C)C)[C@@H](C)C1. The molecule has 0 radical (unpaired) electrons. The fraction of sp³-hybridized carbons (Fsp3) is 1.00. The molecule has 1 fully saturated rings. The summed E-state index contributed by atoms with van der Waals surface area (Å²) in [6, 6.07) is 2.21. The molecule has 0 aliphatic carbocycles. The van der Waals surface area contributed by atoms with E-state index in [0.717, 1.165) is 18.6 Å². The smallest absolute Gasteiger partial charge is 0.00939 e. The van der Waals surface area contributed by atoms with Gasteiger partial charge in [-0.3, -0.25) is 4.90 Å². The Hall–Kier alpha value is -0.0800. The second kappa shape index (κ2) is 4.97. The fourth-order valence-electron chi connectivity index (χ4n) is 2.43. The van der Waals surface area contributed by atoms with Crippen molar-refractivity contribution in [1.82, 2.24) is 10.2 Å². The van der Waals surface area contributed by atoms with Gasteiger partial charge >= 0.3 is 0 Å². The van der Waals surface area contributed by atoms with Gasteiger partial charge in [0.15, 0.2) is 0 Å². The first-order valence-electron chi connectivity index (χ1n) is 5.64. The lowest BCUT2D eigenvalue weighted by Gasteiger charge is -2.40. The first-order chi connectivity index (χ1) is 6.15. The van der Waals surface area contributed by atoms with Gasteiger partial charge in [-0.15, -0.1) is 0 Å². The van der Waals surface area contributed by atoms with Gasteiger partial charge in [0, 0.05) is 24.7 Å². The van der Waals surface area contributed by atoms with Gasteiger partial charge in [0.25, 0.3) is 0 Å². The van der Waals surface area contributed by atoms with E-state index in [2.05, 4.69) is 37.9 Å². The van der Waals surface area contributed by atoms with Crippen LogP contribution in [-0.2, 0) is 0 Å². The first-order valence-corrected chi connectivity index (χ1v) is 5.64. The van der Waals surface area contributed by atoms with E-state index in [1.165, 1.54) is 19.4 Å². The van der Waals surface area contributed by atoms with Crippen LogP contribution in [0.1, 0.15) is 40.5 Å². The number of piperidine rings is 1. The molecule has 0 saturated carbocycles. The Balaban J connectivity index is 2.37. The Kier molecular flexibility index (Phi) is 4.20. The molecule has 0 aromatic rings. The predicted molar refractivity (Wildman–Crippen MR) is 58.0 cm³/mol. The van der Waals surface area contributed by atoms with Crippen molar-refractivity contribution in [1.29, 1.82) is 0 Å². The van der Waals surface area contributed by atoms with E-state index in [1.807, 2.05) is 0 Å². The van der Waals surface area contributed by atoms with Gasteiger partial charge in [-0.1, -0.05) is 6.92 Å². The van der Waals surface area contributed by atoms with Gasteiger partial charge in [0.2, 0.25) is 0 Å². The Morgan fingerprint density at radius 3 is 2.62 bits per heavy atom. The number of nitrogens with zero attached hydrogens (tertiary/aromatic N) is 1. The molecule has 2 nitrogen and oxygen atoms in total. The number of hydrogen-bond acceptors (Lipinski definition) is 2. The van der Waals surface area contributed by atoms with Crippen LogP contribution in [0.3, 0.4) is 0 Å². The maximum absolute atomic E-state index is 3.55. The molecule has 1 heterocycles. The monoisotopic (exact) mass is 184 g/mol. The lowest BCUT2D eigenvalue weighted by Crippen LogP contribution is -2.49. The maximum atomic E-state index is 3.55. The normalized spacial score (nSPS) is 31.2.